The number of rotatable bonds is 4. The quantitative estimate of drug-likeness (QED) is 0.674. The molecule has 1 unspecified atom stereocenters. The summed E-state index contributed by atoms with van der Waals surface area (Å²) in [6.45, 7) is 0. The zero-order chi connectivity index (χ0) is 18.1. The molecule has 26 heavy (non-hydrogen) atoms. The maximum Gasteiger partial charge on any atom is 0.228 e. The Kier molecular flexibility index (Phi) is 4.55. The average molecular weight is 366 g/mol. The number of carbonyl (C=O) groups excluding carboxylic acids is 1. The van der Waals surface area contributed by atoms with Gasteiger partial charge in [-0.1, -0.05) is 36.4 Å². The van der Waals surface area contributed by atoms with Crippen molar-refractivity contribution in [3.8, 4) is 10.6 Å². The van der Waals surface area contributed by atoms with Crippen LogP contribution in [0.2, 0.25) is 0 Å². The van der Waals surface area contributed by atoms with Crippen LogP contribution in [0.5, 0.6) is 0 Å². The van der Waals surface area contributed by atoms with Gasteiger partial charge in [0.15, 0.2) is 0 Å². The first kappa shape index (κ1) is 16.9. The molecule has 1 atom stereocenters. The number of fused-ring (bicyclic) bond motifs is 1. The predicted molar refractivity (Wildman–Crippen MR) is 101 cm³/mol. The van der Waals surface area contributed by atoms with E-state index in [0.29, 0.717) is 0 Å². The zero-order valence-electron chi connectivity index (χ0n) is 14.5. The van der Waals surface area contributed by atoms with Crippen molar-refractivity contribution in [1.29, 1.82) is 0 Å². The van der Waals surface area contributed by atoms with E-state index >= 15 is 0 Å². The van der Waals surface area contributed by atoms with Crippen molar-refractivity contribution in [1.82, 2.24) is 9.88 Å². The molecule has 4 rings (SSSR count). The molecular weight excluding hydrogens is 347 g/mol. The number of aromatic nitrogens is 1. The van der Waals surface area contributed by atoms with Crippen molar-refractivity contribution < 1.29 is 9.18 Å². The summed E-state index contributed by atoms with van der Waals surface area (Å²) in [4.78, 5) is 19.1. The molecule has 2 aromatic carbocycles. The molecule has 0 aliphatic heterocycles. The van der Waals surface area contributed by atoms with E-state index in [1.807, 2.05) is 35.5 Å². The smallest absolute Gasteiger partial charge is 0.228 e. The molecule has 1 aliphatic carbocycles. The van der Waals surface area contributed by atoms with Crippen LogP contribution in [-0.4, -0.2) is 22.8 Å². The van der Waals surface area contributed by atoms with Gasteiger partial charge < -0.3 is 4.90 Å². The van der Waals surface area contributed by atoms with Crippen LogP contribution in [0.3, 0.4) is 0 Å². The number of nitrogens with zero attached hydrogens (tertiary/aromatic N) is 2. The molecule has 5 heteroatoms. The molecule has 3 aromatic rings. The number of carbonyl (C=O) groups is 1. The predicted octanol–water partition coefficient (Wildman–Crippen LogP) is 4.64. The van der Waals surface area contributed by atoms with Gasteiger partial charge in [-0.05, 0) is 36.1 Å². The number of halogens is 1. The molecule has 0 fully saturated rings. The van der Waals surface area contributed by atoms with E-state index in [9.17, 15) is 9.18 Å². The summed E-state index contributed by atoms with van der Waals surface area (Å²) in [7, 11) is 1.87. The summed E-state index contributed by atoms with van der Waals surface area (Å²) in [6, 6.07) is 14.8. The van der Waals surface area contributed by atoms with Crippen molar-refractivity contribution in [2.45, 2.75) is 25.3 Å². The maximum atomic E-state index is 13.4. The topological polar surface area (TPSA) is 33.2 Å². The second-order valence-electron chi connectivity index (χ2n) is 6.59. The average Bonchev–Trinajstić information content (AvgIpc) is 3.28. The van der Waals surface area contributed by atoms with E-state index < -0.39 is 0 Å². The van der Waals surface area contributed by atoms with Gasteiger partial charge in [-0.15, -0.1) is 11.3 Å². The third-order valence-electron chi connectivity index (χ3n) is 4.92. The standard InChI is InChI=1S/C21H19FN2OS/c1-24(19-10-9-14-5-2-3-8-18(14)19)20(25)12-17-13-26-21(23-17)15-6-4-7-16(22)11-15/h2-8,11,13,19H,9-10,12H2,1H3. The number of thiazole rings is 1. The Labute approximate surface area is 156 Å². The first-order valence-corrected chi connectivity index (χ1v) is 9.53. The Bertz CT molecular complexity index is 952. The SMILES string of the molecule is CN(C(=O)Cc1csc(-c2cccc(F)c2)n1)C1CCc2ccccc21. The van der Waals surface area contributed by atoms with Gasteiger partial charge in [0.05, 0.1) is 18.2 Å². The summed E-state index contributed by atoms with van der Waals surface area (Å²) >= 11 is 1.44. The molecule has 0 N–H and O–H groups in total. The van der Waals surface area contributed by atoms with Crippen molar-refractivity contribution in [3.05, 3.63) is 76.5 Å². The van der Waals surface area contributed by atoms with E-state index in [1.54, 1.807) is 6.07 Å². The molecule has 1 aliphatic rings. The number of aryl methyl sites for hydroxylation is 1. The lowest BCUT2D eigenvalue weighted by Gasteiger charge is -2.25. The highest BCUT2D eigenvalue weighted by molar-refractivity contribution is 7.13. The molecule has 3 nitrogen and oxygen atoms in total. The van der Waals surface area contributed by atoms with Crippen LogP contribution >= 0.6 is 11.3 Å². The molecule has 1 amide bonds. The van der Waals surface area contributed by atoms with Gasteiger partial charge in [0, 0.05) is 18.0 Å². The number of hydrogen-bond donors (Lipinski definition) is 0. The molecule has 1 heterocycles. The highest BCUT2D eigenvalue weighted by Gasteiger charge is 2.28. The minimum atomic E-state index is -0.282. The maximum absolute atomic E-state index is 13.4. The van der Waals surface area contributed by atoms with Gasteiger partial charge in [0.1, 0.15) is 10.8 Å². The Hall–Kier alpha value is -2.53. The molecular formula is C21H19FN2OS. The molecule has 132 valence electrons. The van der Waals surface area contributed by atoms with Gasteiger partial charge in [0.2, 0.25) is 5.91 Å². The Balaban J connectivity index is 1.47. The van der Waals surface area contributed by atoms with Crippen LogP contribution in [0, 0.1) is 5.82 Å². The fourth-order valence-electron chi connectivity index (χ4n) is 3.53. The van der Waals surface area contributed by atoms with Gasteiger partial charge in [0.25, 0.3) is 0 Å². The summed E-state index contributed by atoms with van der Waals surface area (Å²) < 4.78 is 13.4. The lowest BCUT2D eigenvalue weighted by Crippen LogP contribution is -2.31. The number of likely N-dealkylation sites (N-methyl/N-ethyl adjacent to an activating group) is 1. The molecule has 1 aromatic heterocycles. The van der Waals surface area contributed by atoms with Crippen molar-refractivity contribution in [2.75, 3.05) is 7.05 Å². The second-order valence-corrected chi connectivity index (χ2v) is 7.45. The Morgan fingerprint density at radius 2 is 2.12 bits per heavy atom. The lowest BCUT2D eigenvalue weighted by atomic mass is 10.1. The molecule has 0 spiro atoms. The Morgan fingerprint density at radius 1 is 1.27 bits per heavy atom. The first-order chi connectivity index (χ1) is 12.6. The van der Waals surface area contributed by atoms with E-state index in [1.165, 1.54) is 34.6 Å². The fraction of sp³-hybridized carbons (Fsp3) is 0.238. The van der Waals surface area contributed by atoms with E-state index in [4.69, 9.17) is 0 Å². The lowest BCUT2D eigenvalue weighted by molar-refractivity contribution is -0.131. The van der Waals surface area contributed by atoms with E-state index in [-0.39, 0.29) is 24.2 Å². The molecule has 0 radical (unpaired) electrons. The normalized spacial score (nSPS) is 15.7. The highest BCUT2D eigenvalue weighted by atomic mass is 32.1. The molecule has 0 saturated heterocycles. The van der Waals surface area contributed by atoms with E-state index in [2.05, 4.69) is 17.1 Å². The third-order valence-corrected chi connectivity index (χ3v) is 5.86. The summed E-state index contributed by atoms with van der Waals surface area (Å²) in [5.74, 6) is -0.224. The highest BCUT2D eigenvalue weighted by Crippen LogP contribution is 2.35. The number of hydrogen-bond acceptors (Lipinski definition) is 3. The van der Waals surface area contributed by atoms with Crippen LogP contribution in [0.1, 0.15) is 29.3 Å². The molecule has 0 saturated carbocycles. The largest absolute Gasteiger partial charge is 0.338 e. The van der Waals surface area contributed by atoms with Gasteiger partial charge in [-0.2, -0.15) is 0 Å². The number of amides is 1. The minimum Gasteiger partial charge on any atom is -0.338 e. The van der Waals surface area contributed by atoms with Crippen LogP contribution in [0.25, 0.3) is 10.6 Å². The zero-order valence-corrected chi connectivity index (χ0v) is 15.3. The second kappa shape index (κ2) is 7.00. The monoisotopic (exact) mass is 366 g/mol. The third kappa shape index (κ3) is 3.27. The van der Waals surface area contributed by atoms with Crippen LogP contribution in [0.4, 0.5) is 4.39 Å². The summed E-state index contributed by atoms with van der Waals surface area (Å²) in [5.41, 5.74) is 4.06. The van der Waals surface area contributed by atoms with Gasteiger partial charge in [-0.25, -0.2) is 9.37 Å². The Morgan fingerprint density at radius 3 is 2.96 bits per heavy atom. The fourth-order valence-corrected chi connectivity index (χ4v) is 4.35. The van der Waals surface area contributed by atoms with Crippen LogP contribution < -0.4 is 0 Å². The summed E-state index contributed by atoms with van der Waals surface area (Å²) in [5, 5.41) is 2.62. The van der Waals surface area contributed by atoms with Crippen molar-refractivity contribution >= 4 is 17.2 Å². The molecule has 0 bridgehead atoms. The van der Waals surface area contributed by atoms with Gasteiger partial charge in [-0.3, -0.25) is 4.79 Å². The van der Waals surface area contributed by atoms with Gasteiger partial charge >= 0.3 is 0 Å². The van der Waals surface area contributed by atoms with Crippen molar-refractivity contribution in [2.24, 2.45) is 0 Å². The summed E-state index contributed by atoms with van der Waals surface area (Å²) in [6.07, 6.45) is 2.24. The number of benzene rings is 2. The minimum absolute atomic E-state index is 0.0581. The van der Waals surface area contributed by atoms with Crippen molar-refractivity contribution in [3.63, 3.8) is 0 Å². The van der Waals surface area contributed by atoms with Crippen LogP contribution in [-0.2, 0) is 17.6 Å². The first-order valence-electron chi connectivity index (χ1n) is 8.65. The van der Waals surface area contributed by atoms with E-state index in [0.717, 1.165) is 29.1 Å². The van der Waals surface area contributed by atoms with Crippen LogP contribution in [0.15, 0.2) is 53.9 Å².